The Bertz CT molecular complexity index is 467. The van der Waals surface area contributed by atoms with Crippen LogP contribution in [0.5, 0.6) is 0 Å². The average Bonchev–Trinajstić information content (AvgIpc) is 2.90. The molecule has 0 unspecified atom stereocenters. The zero-order chi connectivity index (χ0) is 15.5. The molecule has 1 heterocycles. The van der Waals surface area contributed by atoms with Gasteiger partial charge in [-0.05, 0) is 36.3 Å². The molecule has 1 N–H and O–H groups in total. The number of benzene rings is 1. The molecule has 0 aliphatic carbocycles. The SMILES string of the molecule is C[C@H](NC(=O)C[C@@H]1CCCO1)c1ccc(C(C)(C)C)cc1. The number of amides is 1. The van der Waals surface area contributed by atoms with Crippen molar-refractivity contribution in [2.24, 2.45) is 0 Å². The molecule has 0 aromatic heterocycles. The van der Waals surface area contributed by atoms with Crippen molar-refractivity contribution in [2.45, 2.75) is 64.5 Å². The molecule has 3 nitrogen and oxygen atoms in total. The minimum absolute atomic E-state index is 0.0351. The molecule has 1 fully saturated rings. The summed E-state index contributed by atoms with van der Waals surface area (Å²) in [4.78, 5) is 12.0. The molecule has 21 heavy (non-hydrogen) atoms. The second-order valence-electron chi connectivity index (χ2n) is 7.00. The fraction of sp³-hybridized carbons (Fsp3) is 0.611. The standard InChI is InChI=1S/C18H27NO2/c1-13(19-17(20)12-16-6-5-11-21-16)14-7-9-15(10-8-14)18(2,3)4/h7-10,13,16H,5-6,11-12H2,1-4H3,(H,19,20)/t13-,16-/m0/s1. The van der Waals surface area contributed by atoms with Gasteiger partial charge in [-0.3, -0.25) is 4.79 Å². The Morgan fingerprint density at radius 3 is 2.52 bits per heavy atom. The summed E-state index contributed by atoms with van der Waals surface area (Å²) in [5.41, 5.74) is 2.61. The van der Waals surface area contributed by atoms with Crippen LogP contribution < -0.4 is 5.32 Å². The fourth-order valence-corrected chi connectivity index (χ4v) is 2.67. The normalized spacial score (nSPS) is 20.3. The average molecular weight is 289 g/mol. The molecule has 116 valence electrons. The van der Waals surface area contributed by atoms with Crippen LogP contribution in [-0.2, 0) is 14.9 Å². The molecule has 2 rings (SSSR count). The van der Waals surface area contributed by atoms with Gasteiger partial charge in [0.05, 0.1) is 18.6 Å². The van der Waals surface area contributed by atoms with Crippen molar-refractivity contribution in [1.29, 1.82) is 0 Å². The fourth-order valence-electron chi connectivity index (χ4n) is 2.67. The minimum atomic E-state index is 0.0351. The van der Waals surface area contributed by atoms with Crippen LogP contribution in [0.4, 0.5) is 0 Å². The lowest BCUT2D eigenvalue weighted by Gasteiger charge is -2.21. The number of carbonyl (C=O) groups is 1. The highest BCUT2D eigenvalue weighted by molar-refractivity contribution is 5.77. The first-order chi connectivity index (χ1) is 9.86. The van der Waals surface area contributed by atoms with Crippen LogP contribution in [-0.4, -0.2) is 18.6 Å². The summed E-state index contributed by atoms with van der Waals surface area (Å²) in [7, 11) is 0. The molecule has 2 atom stereocenters. The molecule has 1 aromatic rings. The highest BCUT2D eigenvalue weighted by atomic mass is 16.5. The number of hydrogen-bond donors (Lipinski definition) is 1. The molecule has 1 saturated heterocycles. The minimum Gasteiger partial charge on any atom is -0.378 e. The Labute approximate surface area is 128 Å². The van der Waals surface area contributed by atoms with Crippen molar-refractivity contribution >= 4 is 5.91 Å². The van der Waals surface area contributed by atoms with Gasteiger partial charge in [-0.15, -0.1) is 0 Å². The summed E-state index contributed by atoms with van der Waals surface area (Å²) in [5.74, 6) is 0.0781. The summed E-state index contributed by atoms with van der Waals surface area (Å²) < 4.78 is 5.50. The first kappa shape index (κ1) is 16.0. The van der Waals surface area contributed by atoms with Crippen LogP contribution in [0.15, 0.2) is 24.3 Å². The van der Waals surface area contributed by atoms with E-state index in [1.54, 1.807) is 0 Å². The van der Waals surface area contributed by atoms with Gasteiger partial charge in [-0.1, -0.05) is 45.0 Å². The third kappa shape index (κ3) is 4.57. The van der Waals surface area contributed by atoms with Crippen molar-refractivity contribution in [3.05, 3.63) is 35.4 Å². The molecule has 0 radical (unpaired) electrons. The zero-order valence-corrected chi connectivity index (χ0v) is 13.6. The lowest BCUT2D eigenvalue weighted by Crippen LogP contribution is -2.29. The molecule has 0 saturated carbocycles. The van der Waals surface area contributed by atoms with E-state index in [4.69, 9.17) is 4.74 Å². The van der Waals surface area contributed by atoms with Crippen molar-refractivity contribution in [2.75, 3.05) is 6.61 Å². The molecule has 1 aliphatic heterocycles. The number of ether oxygens (including phenoxy) is 1. The van der Waals surface area contributed by atoms with E-state index in [1.807, 2.05) is 6.92 Å². The van der Waals surface area contributed by atoms with E-state index in [1.165, 1.54) is 5.56 Å². The summed E-state index contributed by atoms with van der Waals surface area (Å²) in [6.45, 7) is 9.43. The van der Waals surface area contributed by atoms with Gasteiger partial charge >= 0.3 is 0 Å². The predicted molar refractivity (Wildman–Crippen MR) is 85.3 cm³/mol. The maximum Gasteiger partial charge on any atom is 0.223 e. The van der Waals surface area contributed by atoms with Gasteiger partial charge in [-0.2, -0.15) is 0 Å². The Kier molecular flexibility index (Phi) is 5.04. The van der Waals surface area contributed by atoms with Crippen molar-refractivity contribution in [1.82, 2.24) is 5.32 Å². The third-order valence-corrected chi connectivity index (χ3v) is 4.09. The summed E-state index contributed by atoms with van der Waals surface area (Å²) in [6.07, 6.45) is 2.66. The van der Waals surface area contributed by atoms with Gasteiger partial charge in [0.1, 0.15) is 0 Å². The number of rotatable bonds is 4. The topological polar surface area (TPSA) is 38.3 Å². The summed E-state index contributed by atoms with van der Waals surface area (Å²) in [5, 5.41) is 3.06. The molecular formula is C18H27NO2. The lowest BCUT2D eigenvalue weighted by molar-refractivity contribution is -0.123. The number of carbonyl (C=O) groups excluding carboxylic acids is 1. The van der Waals surface area contributed by atoms with Crippen LogP contribution in [0.1, 0.15) is 64.1 Å². The Balaban J connectivity index is 1.90. The zero-order valence-electron chi connectivity index (χ0n) is 13.6. The van der Waals surface area contributed by atoms with Gasteiger partial charge < -0.3 is 10.1 Å². The van der Waals surface area contributed by atoms with Gasteiger partial charge in [0.15, 0.2) is 0 Å². The van der Waals surface area contributed by atoms with E-state index in [2.05, 4.69) is 50.4 Å². The molecular weight excluding hydrogens is 262 g/mol. The predicted octanol–water partition coefficient (Wildman–Crippen LogP) is 3.73. The quantitative estimate of drug-likeness (QED) is 0.917. The monoisotopic (exact) mass is 289 g/mol. The van der Waals surface area contributed by atoms with Crippen LogP contribution in [0.2, 0.25) is 0 Å². The van der Waals surface area contributed by atoms with Crippen molar-refractivity contribution < 1.29 is 9.53 Å². The van der Waals surface area contributed by atoms with Gasteiger partial charge in [0.25, 0.3) is 0 Å². The Morgan fingerprint density at radius 1 is 1.33 bits per heavy atom. The first-order valence-corrected chi connectivity index (χ1v) is 7.87. The van der Waals surface area contributed by atoms with E-state index < -0.39 is 0 Å². The summed E-state index contributed by atoms with van der Waals surface area (Å²) >= 11 is 0. The molecule has 1 aliphatic rings. The van der Waals surface area contributed by atoms with E-state index in [0.717, 1.165) is 25.0 Å². The van der Waals surface area contributed by atoms with Gasteiger partial charge in [-0.25, -0.2) is 0 Å². The smallest absolute Gasteiger partial charge is 0.223 e. The Hall–Kier alpha value is -1.35. The molecule has 3 heteroatoms. The van der Waals surface area contributed by atoms with Crippen LogP contribution in [0.3, 0.4) is 0 Å². The maximum absolute atomic E-state index is 12.0. The number of nitrogens with one attached hydrogen (secondary N) is 1. The van der Waals surface area contributed by atoms with E-state index in [0.29, 0.717) is 6.42 Å². The van der Waals surface area contributed by atoms with E-state index in [-0.39, 0.29) is 23.5 Å². The largest absolute Gasteiger partial charge is 0.378 e. The number of hydrogen-bond acceptors (Lipinski definition) is 2. The first-order valence-electron chi connectivity index (χ1n) is 7.87. The molecule has 0 bridgehead atoms. The maximum atomic E-state index is 12.0. The molecule has 1 aromatic carbocycles. The summed E-state index contributed by atoms with van der Waals surface area (Å²) in [6, 6.07) is 8.55. The second kappa shape index (κ2) is 6.61. The molecule has 1 amide bonds. The van der Waals surface area contributed by atoms with Crippen LogP contribution >= 0.6 is 0 Å². The van der Waals surface area contributed by atoms with E-state index >= 15 is 0 Å². The lowest BCUT2D eigenvalue weighted by atomic mass is 9.86. The van der Waals surface area contributed by atoms with Gasteiger partial charge in [0.2, 0.25) is 5.91 Å². The van der Waals surface area contributed by atoms with Crippen LogP contribution in [0.25, 0.3) is 0 Å². The third-order valence-electron chi connectivity index (χ3n) is 4.09. The Morgan fingerprint density at radius 2 is 2.00 bits per heavy atom. The van der Waals surface area contributed by atoms with Gasteiger partial charge in [0, 0.05) is 6.61 Å². The van der Waals surface area contributed by atoms with Crippen LogP contribution in [0, 0.1) is 0 Å². The highest BCUT2D eigenvalue weighted by Crippen LogP contribution is 2.24. The van der Waals surface area contributed by atoms with E-state index in [9.17, 15) is 4.79 Å². The molecule has 0 spiro atoms. The van der Waals surface area contributed by atoms with Crippen molar-refractivity contribution in [3.8, 4) is 0 Å². The highest BCUT2D eigenvalue weighted by Gasteiger charge is 2.20. The van der Waals surface area contributed by atoms with Crippen molar-refractivity contribution in [3.63, 3.8) is 0 Å². The second-order valence-corrected chi connectivity index (χ2v) is 7.00.